The molecule has 86 valence electrons. The van der Waals surface area contributed by atoms with E-state index in [4.69, 9.17) is 9.84 Å². The van der Waals surface area contributed by atoms with Gasteiger partial charge in [-0.1, -0.05) is 6.92 Å². The van der Waals surface area contributed by atoms with Crippen LogP contribution in [-0.2, 0) is 14.3 Å². The predicted molar refractivity (Wildman–Crippen MR) is 53.4 cm³/mol. The Morgan fingerprint density at radius 3 is 2.73 bits per heavy atom. The van der Waals surface area contributed by atoms with Gasteiger partial charge in [0, 0.05) is 6.54 Å². The lowest BCUT2D eigenvalue weighted by Gasteiger charge is -2.08. The van der Waals surface area contributed by atoms with Crippen LogP contribution in [0.4, 0.5) is 0 Å². The molecule has 2 N–H and O–H groups in total. The maximum absolute atomic E-state index is 11.1. The summed E-state index contributed by atoms with van der Waals surface area (Å²) in [6, 6.07) is 0. The Kier molecular flexibility index (Phi) is 4.55. The number of rotatable bonds is 7. The number of nitrogens with one attached hydrogen (secondary N) is 1. The lowest BCUT2D eigenvalue weighted by Crippen LogP contribution is -2.34. The average Bonchev–Trinajstić information content (AvgIpc) is 2.97. The van der Waals surface area contributed by atoms with Crippen LogP contribution in [0.1, 0.15) is 19.8 Å². The predicted octanol–water partition coefficient (Wildman–Crippen LogP) is 0.250. The highest BCUT2D eigenvalue weighted by molar-refractivity contribution is 5.78. The molecule has 5 heteroatoms. The number of hydrogen-bond donors (Lipinski definition) is 2. The Labute approximate surface area is 88.8 Å². The fourth-order valence-electron chi connectivity index (χ4n) is 1.01. The quantitative estimate of drug-likeness (QED) is 0.638. The summed E-state index contributed by atoms with van der Waals surface area (Å²) in [5, 5.41) is 11.1. The fraction of sp³-hybridized carbons (Fsp3) is 0.800. The minimum atomic E-state index is -0.908. The van der Waals surface area contributed by atoms with Crippen LogP contribution in [0, 0.1) is 11.8 Å². The van der Waals surface area contributed by atoms with Crippen molar-refractivity contribution in [3.05, 3.63) is 0 Å². The Balaban J connectivity index is 1.99. The molecular formula is C10H17NO4. The highest BCUT2D eigenvalue weighted by atomic mass is 16.5. The number of carboxylic acids is 1. The van der Waals surface area contributed by atoms with E-state index in [0.29, 0.717) is 12.5 Å². The van der Waals surface area contributed by atoms with Gasteiger partial charge in [0.25, 0.3) is 0 Å². The molecule has 0 bridgehead atoms. The number of ether oxygens (including phenoxy) is 1. The van der Waals surface area contributed by atoms with Crippen LogP contribution in [0.3, 0.4) is 0 Å². The Morgan fingerprint density at radius 2 is 2.20 bits per heavy atom. The van der Waals surface area contributed by atoms with Gasteiger partial charge in [-0.25, -0.2) is 0 Å². The SMILES string of the molecule is CC(CNC(=O)COCC1CC1)C(=O)O. The molecule has 15 heavy (non-hydrogen) atoms. The lowest BCUT2D eigenvalue weighted by molar-refractivity contribution is -0.141. The Hall–Kier alpha value is -1.10. The largest absolute Gasteiger partial charge is 0.481 e. The zero-order valence-electron chi connectivity index (χ0n) is 8.86. The molecule has 1 fully saturated rings. The number of carbonyl (C=O) groups is 2. The summed E-state index contributed by atoms with van der Waals surface area (Å²) >= 11 is 0. The molecule has 0 aromatic carbocycles. The summed E-state index contributed by atoms with van der Waals surface area (Å²) < 4.78 is 5.15. The Morgan fingerprint density at radius 1 is 1.53 bits per heavy atom. The first-order chi connectivity index (χ1) is 7.09. The summed E-state index contributed by atoms with van der Waals surface area (Å²) in [5.74, 6) is -1.08. The molecule has 0 radical (unpaired) electrons. The number of hydrogen-bond acceptors (Lipinski definition) is 3. The number of amides is 1. The van der Waals surface area contributed by atoms with E-state index in [0.717, 1.165) is 0 Å². The van der Waals surface area contributed by atoms with E-state index in [2.05, 4.69) is 5.32 Å². The van der Waals surface area contributed by atoms with E-state index in [-0.39, 0.29) is 19.1 Å². The average molecular weight is 215 g/mol. The van der Waals surface area contributed by atoms with E-state index in [1.165, 1.54) is 12.8 Å². The second-order valence-electron chi connectivity index (χ2n) is 4.00. The molecule has 0 aromatic rings. The van der Waals surface area contributed by atoms with E-state index in [1.54, 1.807) is 6.92 Å². The van der Waals surface area contributed by atoms with Crippen LogP contribution >= 0.6 is 0 Å². The van der Waals surface area contributed by atoms with E-state index < -0.39 is 11.9 Å². The first-order valence-corrected chi connectivity index (χ1v) is 5.17. The molecule has 1 aliphatic rings. The normalized spacial score (nSPS) is 17.1. The van der Waals surface area contributed by atoms with Gasteiger partial charge in [-0.15, -0.1) is 0 Å². The van der Waals surface area contributed by atoms with E-state index in [1.807, 2.05) is 0 Å². The van der Waals surface area contributed by atoms with Crippen molar-refractivity contribution in [2.24, 2.45) is 11.8 Å². The third kappa shape index (κ3) is 5.37. The molecule has 0 spiro atoms. The van der Waals surface area contributed by atoms with Gasteiger partial charge in [0.05, 0.1) is 12.5 Å². The van der Waals surface area contributed by atoms with Crippen LogP contribution < -0.4 is 5.32 Å². The van der Waals surface area contributed by atoms with Crippen molar-refractivity contribution < 1.29 is 19.4 Å². The molecule has 1 unspecified atom stereocenters. The highest BCUT2D eigenvalue weighted by Crippen LogP contribution is 2.28. The molecule has 0 saturated heterocycles. The van der Waals surface area contributed by atoms with Crippen LogP contribution in [0.15, 0.2) is 0 Å². The zero-order valence-corrected chi connectivity index (χ0v) is 8.86. The van der Waals surface area contributed by atoms with Gasteiger partial charge in [-0.2, -0.15) is 0 Å². The van der Waals surface area contributed by atoms with Gasteiger partial charge < -0.3 is 15.2 Å². The molecule has 1 aliphatic carbocycles. The summed E-state index contributed by atoms with van der Waals surface area (Å²) in [7, 11) is 0. The standard InChI is InChI=1S/C10H17NO4/c1-7(10(13)14)4-11-9(12)6-15-5-8-2-3-8/h7-8H,2-6H2,1H3,(H,11,12)(H,13,14). The maximum Gasteiger partial charge on any atom is 0.308 e. The highest BCUT2D eigenvalue weighted by Gasteiger charge is 2.21. The third-order valence-corrected chi connectivity index (χ3v) is 2.31. The van der Waals surface area contributed by atoms with Gasteiger partial charge in [0.2, 0.25) is 5.91 Å². The van der Waals surface area contributed by atoms with Crippen LogP contribution in [0.5, 0.6) is 0 Å². The molecule has 5 nitrogen and oxygen atoms in total. The minimum Gasteiger partial charge on any atom is -0.481 e. The van der Waals surface area contributed by atoms with Crippen molar-refractivity contribution in [1.29, 1.82) is 0 Å². The van der Waals surface area contributed by atoms with Crippen molar-refractivity contribution in [3.63, 3.8) is 0 Å². The Bertz CT molecular complexity index is 238. The van der Waals surface area contributed by atoms with Gasteiger partial charge in [0.15, 0.2) is 0 Å². The first kappa shape index (κ1) is 12.0. The van der Waals surface area contributed by atoms with Gasteiger partial charge in [0.1, 0.15) is 6.61 Å². The van der Waals surface area contributed by atoms with E-state index in [9.17, 15) is 9.59 Å². The minimum absolute atomic E-state index is 0.0306. The molecule has 0 heterocycles. The summed E-state index contributed by atoms with van der Waals surface area (Å²) in [5.41, 5.74) is 0. The van der Waals surface area contributed by atoms with Crippen molar-refractivity contribution >= 4 is 11.9 Å². The lowest BCUT2D eigenvalue weighted by atomic mass is 10.2. The van der Waals surface area contributed by atoms with Crippen molar-refractivity contribution in [1.82, 2.24) is 5.32 Å². The molecule has 0 aromatic heterocycles. The van der Waals surface area contributed by atoms with Gasteiger partial charge in [-0.05, 0) is 18.8 Å². The molecule has 1 saturated carbocycles. The number of carbonyl (C=O) groups excluding carboxylic acids is 1. The topological polar surface area (TPSA) is 75.6 Å². The third-order valence-electron chi connectivity index (χ3n) is 2.31. The smallest absolute Gasteiger partial charge is 0.308 e. The second kappa shape index (κ2) is 5.70. The summed E-state index contributed by atoms with van der Waals surface area (Å²) in [6.07, 6.45) is 2.38. The monoisotopic (exact) mass is 215 g/mol. The van der Waals surface area contributed by atoms with Crippen molar-refractivity contribution in [2.45, 2.75) is 19.8 Å². The van der Waals surface area contributed by atoms with Gasteiger partial charge >= 0.3 is 5.97 Å². The molecule has 1 amide bonds. The van der Waals surface area contributed by atoms with Crippen LogP contribution in [0.25, 0.3) is 0 Å². The first-order valence-electron chi connectivity index (χ1n) is 5.17. The maximum atomic E-state index is 11.1. The van der Waals surface area contributed by atoms with Crippen LogP contribution in [-0.4, -0.2) is 36.7 Å². The fourth-order valence-corrected chi connectivity index (χ4v) is 1.01. The van der Waals surface area contributed by atoms with E-state index >= 15 is 0 Å². The number of aliphatic carboxylic acids is 1. The molecule has 0 aliphatic heterocycles. The molecule has 1 atom stereocenters. The summed E-state index contributed by atoms with van der Waals surface area (Å²) in [4.78, 5) is 21.6. The molecular weight excluding hydrogens is 198 g/mol. The van der Waals surface area contributed by atoms with Gasteiger partial charge in [-0.3, -0.25) is 9.59 Å². The van der Waals surface area contributed by atoms with Crippen LogP contribution in [0.2, 0.25) is 0 Å². The second-order valence-corrected chi connectivity index (χ2v) is 4.00. The zero-order chi connectivity index (χ0) is 11.3. The van der Waals surface area contributed by atoms with Crippen molar-refractivity contribution in [2.75, 3.05) is 19.8 Å². The summed E-state index contributed by atoms with van der Waals surface area (Å²) in [6.45, 7) is 2.37. The molecule has 1 rings (SSSR count). The number of carboxylic acid groups (broad SMARTS) is 1. The van der Waals surface area contributed by atoms with Crippen molar-refractivity contribution in [3.8, 4) is 0 Å².